The Balaban J connectivity index is 1.43. The molecule has 3 heterocycles. The molecule has 0 bridgehead atoms. The van der Waals surface area contributed by atoms with Gasteiger partial charge in [0.2, 0.25) is 17.7 Å². The number of aromatic nitrogens is 2. The van der Waals surface area contributed by atoms with Gasteiger partial charge in [0.15, 0.2) is 11.2 Å². The number of imide groups is 1. The maximum Gasteiger partial charge on any atom is 0.326 e. The molecule has 1 atom stereocenters. The molecular formula is C27H25ClN4O7. The number of esters is 1. The van der Waals surface area contributed by atoms with E-state index in [1.807, 2.05) is 0 Å². The number of hydrogen-bond acceptors (Lipinski definition) is 9. The maximum atomic E-state index is 13.8. The van der Waals surface area contributed by atoms with Gasteiger partial charge in [-0.05, 0) is 63.2 Å². The fraction of sp³-hybridized carbons (Fsp3) is 0.333. The van der Waals surface area contributed by atoms with Gasteiger partial charge in [0.25, 0.3) is 5.89 Å². The third-order valence-corrected chi connectivity index (χ3v) is 6.69. The lowest BCUT2D eigenvalue weighted by atomic mass is 9.80. The topological polar surface area (TPSA) is 132 Å². The van der Waals surface area contributed by atoms with E-state index >= 15 is 0 Å². The summed E-state index contributed by atoms with van der Waals surface area (Å²) in [6, 6.07) is 11.5. The summed E-state index contributed by atoms with van der Waals surface area (Å²) in [7, 11) is 1.55. The fourth-order valence-electron chi connectivity index (χ4n) is 4.79. The summed E-state index contributed by atoms with van der Waals surface area (Å²) in [6.45, 7) is 4.40. The highest BCUT2D eigenvalue weighted by atomic mass is 35.5. The lowest BCUT2D eigenvalue weighted by Crippen LogP contribution is -2.48. The lowest BCUT2D eigenvalue weighted by molar-refractivity contribution is -0.154. The molecule has 39 heavy (non-hydrogen) atoms. The summed E-state index contributed by atoms with van der Waals surface area (Å²) in [5.74, 6) is -1.75. The Morgan fingerprint density at radius 2 is 1.77 bits per heavy atom. The number of benzene rings is 2. The molecule has 1 saturated heterocycles. The molecule has 2 aromatic carbocycles. The van der Waals surface area contributed by atoms with Crippen LogP contribution in [0, 0.1) is 0 Å². The van der Waals surface area contributed by atoms with Crippen LogP contribution in [0.1, 0.15) is 38.6 Å². The van der Waals surface area contributed by atoms with Crippen molar-refractivity contribution in [3.05, 3.63) is 58.9 Å². The number of likely N-dealkylation sites (tertiary alicyclic amines) is 1. The summed E-state index contributed by atoms with van der Waals surface area (Å²) in [5, 5.41) is 4.19. The average molecular weight is 553 g/mol. The summed E-state index contributed by atoms with van der Waals surface area (Å²) < 4.78 is 15.8. The van der Waals surface area contributed by atoms with Gasteiger partial charge in [0, 0.05) is 21.8 Å². The van der Waals surface area contributed by atoms with Crippen LogP contribution in [-0.2, 0) is 35.9 Å². The Morgan fingerprint density at radius 3 is 2.44 bits per heavy atom. The van der Waals surface area contributed by atoms with Crippen LogP contribution < -0.4 is 9.64 Å². The van der Waals surface area contributed by atoms with E-state index in [2.05, 4.69) is 10.1 Å². The molecule has 2 aliphatic heterocycles. The number of carbonyl (C=O) groups is 4. The van der Waals surface area contributed by atoms with Crippen LogP contribution in [0.25, 0.3) is 11.5 Å². The number of methoxy groups -OCH3 is 1. The van der Waals surface area contributed by atoms with Crippen molar-refractivity contribution in [2.75, 3.05) is 18.6 Å². The van der Waals surface area contributed by atoms with Gasteiger partial charge in [-0.15, -0.1) is 0 Å². The van der Waals surface area contributed by atoms with Crippen molar-refractivity contribution < 1.29 is 33.2 Å². The van der Waals surface area contributed by atoms with Crippen molar-refractivity contribution in [3.8, 4) is 17.2 Å². The molecule has 5 rings (SSSR count). The Kier molecular flexibility index (Phi) is 6.42. The molecule has 3 aromatic rings. The number of ether oxygens (including phenoxy) is 2. The molecule has 3 amide bonds. The number of nitrogens with zero attached hydrogens (tertiary/aromatic N) is 4. The van der Waals surface area contributed by atoms with Gasteiger partial charge in [0.1, 0.15) is 17.9 Å². The SMILES string of the molecule is COc1ccc(-c2nc(CN3C(=O)CC4(C3=O)C(=O)N(CC(=O)OC(C)(C)C)c3ccc(Cl)cc34)no2)cc1. The molecule has 2 aliphatic rings. The van der Waals surface area contributed by atoms with Crippen molar-refractivity contribution in [1.29, 1.82) is 0 Å². The number of amides is 3. The van der Waals surface area contributed by atoms with Gasteiger partial charge in [-0.1, -0.05) is 16.8 Å². The second kappa shape index (κ2) is 9.49. The highest BCUT2D eigenvalue weighted by Gasteiger charge is 2.64. The second-order valence-electron chi connectivity index (χ2n) is 10.3. The molecule has 0 saturated carbocycles. The molecule has 202 valence electrons. The zero-order valence-electron chi connectivity index (χ0n) is 21.7. The summed E-state index contributed by atoms with van der Waals surface area (Å²) in [6.07, 6.45) is -0.425. The van der Waals surface area contributed by atoms with Crippen LogP contribution in [0.2, 0.25) is 5.02 Å². The van der Waals surface area contributed by atoms with Crippen LogP contribution in [0.15, 0.2) is 47.0 Å². The van der Waals surface area contributed by atoms with Crippen molar-refractivity contribution in [2.24, 2.45) is 0 Å². The Hall–Kier alpha value is -4.25. The molecular weight excluding hydrogens is 528 g/mol. The first-order chi connectivity index (χ1) is 18.4. The van der Waals surface area contributed by atoms with E-state index in [4.69, 9.17) is 25.6 Å². The first-order valence-electron chi connectivity index (χ1n) is 12.1. The third kappa shape index (κ3) is 4.63. The van der Waals surface area contributed by atoms with E-state index in [9.17, 15) is 19.2 Å². The first-order valence-corrected chi connectivity index (χ1v) is 12.5. The maximum absolute atomic E-state index is 13.8. The molecule has 0 radical (unpaired) electrons. The summed E-state index contributed by atoms with van der Waals surface area (Å²) in [5.41, 5.74) is -1.43. The van der Waals surface area contributed by atoms with Gasteiger partial charge in [-0.3, -0.25) is 29.0 Å². The number of anilines is 1. The summed E-state index contributed by atoms with van der Waals surface area (Å²) >= 11 is 6.23. The van der Waals surface area contributed by atoms with Gasteiger partial charge in [-0.2, -0.15) is 4.98 Å². The fourth-order valence-corrected chi connectivity index (χ4v) is 4.96. The zero-order chi connectivity index (χ0) is 28.1. The van der Waals surface area contributed by atoms with E-state index in [0.29, 0.717) is 17.0 Å². The Bertz CT molecular complexity index is 1490. The van der Waals surface area contributed by atoms with E-state index in [1.165, 1.54) is 11.0 Å². The van der Waals surface area contributed by atoms with E-state index < -0.39 is 47.7 Å². The van der Waals surface area contributed by atoms with E-state index in [1.54, 1.807) is 64.3 Å². The zero-order valence-corrected chi connectivity index (χ0v) is 22.4. The predicted octanol–water partition coefficient (Wildman–Crippen LogP) is 3.28. The quantitative estimate of drug-likeness (QED) is 0.256. The molecule has 1 spiro atoms. The second-order valence-corrected chi connectivity index (χ2v) is 10.7. The largest absolute Gasteiger partial charge is 0.497 e. The number of fused-ring (bicyclic) bond motifs is 2. The van der Waals surface area contributed by atoms with Crippen LogP contribution in [0.3, 0.4) is 0 Å². The smallest absolute Gasteiger partial charge is 0.326 e. The minimum atomic E-state index is -1.86. The van der Waals surface area contributed by atoms with Crippen molar-refractivity contribution in [2.45, 2.75) is 44.8 Å². The van der Waals surface area contributed by atoms with Gasteiger partial charge in [-0.25, -0.2) is 0 Å². The molecule has 11 nitrogen and oxygen atoms in total. The van der Waals surface area contributed by atoms with Crippen molar-refractivity contribution >= 4 is 41.0 Å². The van der Waals surface area contributed by atoms with Gasteiger partial charge < -0.3 is 14.0 Å². The predicted molar refractivity (Wildman–Crippen MR) is 138 cm³/mol. The molecule has 0 aliphatic carbocycles. The average Bonchev–Trinajstić information content (AvgIpc) is 3.51. The monoisotopic (exact) mass is 552 g/mol. The first kappa shape index (κ1) is 26.4. The minimum absolute atomic E-state index is 0.0851. The number of rotatable bonds is 6. The Morgan fingerprint density at radius 1 is 1.08 bits per heavy atom. The number of hydrogen-bond donors (Lipinski definition) is 0. The third-order valence-electron chi connectivity index (χ3n) is 6.46. The van der Waals surface area contributed by atoms with Crippen molar-refractivity contribution in [3.63, 3.8) is 0 Å². The Labute approximate surface area is 228 Å². The minimum Gasteiger partial charge on any atom is -0.497 e. The van der Waals surface area contributed by atoms with Gasteiger partial charge >= 0.3 is 5.97 Å². The molecule has 0 N–H and O–H groups in total. The lowest BCUT2D eigenvalue weighted by Gasteiger charge is -2.24. The number of carbonyl (C=O) groups excluding carboxylic acids is 4. The van der Waals surface area contributed by atoms with E-state index in [-0.39, 0.29) is 28.8 Å². The standard InChI is InChI=1S/C27H25ClN4O7/c1-26(2,3)38-22(34)14-31-19-10-7-16(28)11-18(19)27(24(31)35)12-21(33)32(25(27)36)13-20-29-23(39-30-20)15-5-8-17(37-4)9-6-15/h5-11H,12-14H2,1-4H3. The molecule has 1 aromatic heterocycles. The van der Waals surface area contributed by atoms with Crippen LogP contribution in [-0.4, -0.2) is 58.0 Å². The summed E-state index contributed by atoms with van der Waals surface area (Å²) in [4.78, 5) is 59.8. The normalized spacial score (nSPS) is 18.7. The van der Waals surface area contributed by atoms with E-state index in [0.717, 1.165) is 4.90 Å². The molecule has 1 unspecified atom stereocenters. The number of halogens is 1. The van der Waals surface area contributed by atoms with Gasteiger partial charge in [0.05, 0.1) is 20.1 Å². The van der Waals surface area contributed by atoms with Crippen LogP contribution in [0.4, 0.5) is 5.69 Å². The van der Waals surface area contributed by atoms with Crippen LogP contribution >= 0.6 is 11.6 Å². The highest BCUT2D eigenvalue weighted by molar-refractivity contribution is 6.32. The molecule has 12 heteroatoms. The highest BCUT2D eigenvalue weighted by Crippen LogP contribution is 2.49. The molecule has 1 fully saturated rings. The van der Waals surface area contributed by atoms with Crippen LogP contribution in [0.5, 0.6) is 5.75 Å². The van der Waals surface area contributed by atoms with Crippen molar-refractivity contribution in [1.82, 2.24) is 15.0 Å².